The monoisotopic (exact) mass is 274 g/mol. The third-order valence-electron chi connectivity index (χ3n) is 1.42. The largest absolute Gasteiger partial charge is 0.292 e. The Morgan fingerprint density at radius 1 is 1.43 bits per heavy atom. The zero-order valence-electron chi connectivity index (χ0n) is 7.42. The molecule has 0 atom stereocenters. The molecular formula is C9H8BrClN2O. The van der Waals surface area contributed by atoms with Crippen molar-refractivity contribution in [2.45, 2.75) is 6.92 Å². The van der Waals surface area contributed by atoms with E-state index in [-0.39, 0.29) is 11.0 Å². The minimum Gasteiger partial charge on any atom is -0.292 e. The summed E-state index contributed by atoms with van der Waals surface area (Å²) in [6, 6.07) is 7.36. The first-order chi connectivity index (χ1) is 6.59. The molecule has 0 bridgehead atoms. The Morgan fingerprint density at radius 3 is 2.50 bits per heavy atom. The van der Waals surface area contributed by atoms with Gasteiger partial charge in [0.2, 0.25) is 0 Å². The molecule has 0 fully saturated rings. The molecule has 0 amide bonds. The lowest BCUT2D eigenvalue weighted by Crippen LogP contribution is -2.04. The molecule has 0 spiro atoms. The van der Waals surface area contributed by atoms with E-state index in [9.17, 15) is 4.79 Å². The minimum atomic E-state index is -0.267. The van der Waals surface area contributed by atoms with Crippen molar-refractivity contribution in [3.63, 3.8) is 0 Å². The SMILES string of the molecule is CC(=O)/C(Cl)=N\Nc1ccc(Br)cc1. The molecule has 1 rings (SSSR count). The number of hydrogen-bond acceptors (Lipinski definition) is 3. The number of Topliss-reactive ketones (excluding diaryl/α,β-unsaturated/α-hetero) is 1. The van der Waals surface area contributed by atoms with Gasteiger partial charge in [-0.3, -0.25) is 10.2 Å². The molecule has 3 nitrogen and oxygen atoms in total. The fourth-order valence-corrected chi connectivity index (χ4v) is 1.02. The van der Waals surface area contributed by atoms with Crippen molar-refractivity contribution in [2.75, 3.05) is 5.43 Å². The van der Waals surface area contributed by atoms with E-state index in [1.807, 2.05) is 24.3 Å². The fourth-order valence-electron chi connectivity index (χ4n) is 0.717. The topological polar surface area (TPSA) is 41.5 Å². The number of halogens is 2. The summed E-state index contributed by atoms with van der Waals surface area (Å²) in [7, 11) is 0. The van der Waals surface area contributed by atoms with Gasteiger partial charge in [-0.2, -0.15) is 5.10 Å². The summed E-state index contributed by atoms with van der Waals surface area (Å²) in [4.78, 5) is 10.7. The maximum Gasteiger partial charge on any atom is 0.191 e. The maximum atomic E-state index is 10.7. The van der Waals surface area contributed by atoms with Gasteiger partial charge in [0.15, 0.2) is 11.0 Å². The molecule has 5 heteroatoms. The first kappa shape index (κ1) is 11.2. The van der Waals surface area contributed by atoms with Crippen molar-refractivity contribution >= 4 is 44.2 Å². The summed E-state index contributed by atoms with van der Waals surface area (Å²) in [5.41, 5.74) is 3.44. The standard InChI is InChI=1S/C9H8BrClN2O/c1-6(14)9(11)13-12-8-4-2-7(10)3-5-8/h2-5,12H,1H3/b13-9+. The van der Waals surface area contributed by atoms with E-state index in [2.05, 4.69) is 26.5 Å². The van der Waals surface area contributed by atoms with Gasteiger partial charge in [-0.05, 0) is 24.3 Å². The van der Waals surface area contributed by atoms with Crippen molar-refractivity contribution in [1.82, 2.24) is 0 Å². The number of nitrogens with one attached hydrogen (secondary N) is 1. The molecule has 74 valence electrons. The second-order valence-electron chi connectivity index (χ2n) is 2.58. The van der Waals surface area contributed by atoms with E-state index in [0.29, 0.717) is 0 Å². The highest BCUT2D eigenvalue weighted by Gasteiger charge is 1.99. The molecule has 1 N–H and O–H groups in total. The van der Waals surface area contributed by atoms with Crippen LogP contribution in [-0.4, -0.2) is 11.0 Å². The predicted octanol–water partition coefficient (Wildman–Crippen LogP) is 3.00. The van der Waals surface area contributed by atoms with Crippen LogP contribution < -0.4 is 5.43 Å². The molecule has 0 saturated heterocycles. The van der Waals surface area contributed by atoms with Gasteiger partial charge < -0.3 is 0 Å². The van der Waals surface area contributed by atoms with Crippen LogP contribution in [0.4, 0.5) is 5.69 Å². The Bertz CT molecular complexity index is 362. The zero-order valence-corrected chi connectivity index (χ0v) is 9.76. The van der Waals surface area contributed by atoms with Crippen molar-refractivity contribution in [1.29, 1.82) is 0 Å². The number of benzene rings is 1. The Labute approximate surface area is 95.3 Å². The Balaban J connectivity index is 2.66. The zero-order chi connectivity index (χ0) is 10.6. The highest BCUT2D eigenvalue weighted by molar-refractivity contribution is 9.10. The molecule has 14 heavy (non-hydrogen) atoms. The normalized spacial score (nSPS) is 11.2. The molecule has 0 saturated carbocycles. The summed E-state index contributed by atoms with van der Waals surface area (Å²) in [5, 5.41) is 3.63. The van der Waals surface area contributed by atoms with Crippen LogP contribution >= 0.6 is 27.5 Å². The molecule has 0 radical (unpaired) electrons. The van der Waals surface area contributed by atoms with Crippen LogP contribution in [0.1, 0.15) is 6.92 Å². The molecular weight excluding hydrogens is 267 g/mol. The van der Waals surface area contributed by atoms with Gasteiger partial charge in [0.05, 0.1) is 5.69 Å². The van der Waals surface area contributed by atoms with E-state index in [0.717, 1.165) is 10.2 Å². The van der Waals surface area contributed by atoms with Crippen LogP contribution in [0, 0.1) is 0 Å². The van der Waals surface area contributed by atoms with Crippen LogP contribution in [-0.2, 0) is 4.79 Å². The molecule has 1 aromatic carbocycles. The molecule has 0 unspecified atom stereocenters. The quantitative estimate of drug-likeness (QED) is 0.680. The first-order valence-electron chi connectivity index (χ1n) is 3.85. The van der Waals surface area contributed by atoms with Crippen molar-refractivity contribution in [2.24, 2.45) is 5.10 Å². The van der Waals surface area contributed by atoms with Gasteiger partial charge in [-0.25, -0.2) is 0 Å². The average molecular weight is 276 g/mol. The van der Waals surface area contributed by atoms with Crippen LogP contribution in [0.5, 0.6) is 0 Å². The van der Waals surface area contributed by atoms with E-state index in [1.165, 1.54) is 6.92 Å². The fraction of sp³-hybridized carbons (Fsp3) is 0.111. The highest BCUT2D eigenvalue weighted by Crippen LogP contribution is 2.13. The van der Waals surface area contributed by atoms with Gasteiger partial charge in [0.25, 0.3) is 0 Å². The number of ketones is 1. The number of carbonyl (C=O) groups excluding carboxylic acids is 1. The Morgan fingerprint density at radius 2 is 2.00 bits per heavy atom. The number of hydrogen-bond donors (Lipinski definition) is 1. The summed E-state index contributed by atoms with van der Waals surface area (Å²) in [6.07, 6.45) is 0. The second-order valence-corrected chi connectivity index (χ2v) is 3.85. The Kier molecular flexibility index (Phi) is 4.10. The van der Waals surface area contributed by atoms with E-state index in [4.69, 9.17) is 11.6 Å². The van der Waals surface area contributed by atoms with Crippen LogP contribution in [0.15, 0.2) is 33.8 Å². The lowest BCUT2D eigenvalue weighted by atomic mass is 10.3. The van der Waals surface area contributed by atoms with Gasteiger partial charge in [0.1, 0.15) is 0 Å². The smallest absolute Gasteiger partial charge is 0.191 e. The van der Waals surface area contributed by atoms with E-state index in [1.54, 1.807) is 0 Å². The van der Waals surface area contributed by atoms with Crippen LogP contribution in [0.25, 0.3) is 0 Å². The number of carbonyl (C=O) groups is 1. The van der Waals surface area contributed by atoms with Crippen molar-refractivity contribution in [3.05, 3.63) is 28.7 Å². The van der Waals surface area contributed by atoms with Crippen LogP contribution in [0.3, 0.4) is 0 Å². The summed E-state index contributed by atoms with van der Waals surface area (Å²) < 4.78 is 0.977. The van der Waals surface area contributed by atoms with Gasteiger partial charge in [0, 0.05) is 11.4 Å². The third kappa shape index (κ3) is 3.47. The van der Waals surface area contributed by atoms with E-state index >= 15 is 0 Å². The number of hydrazone groups is 1. The number of nitrogens with zero attached hydrogens (tertiary/aromatic N) is 1. The third-order valence-corrected chi connectivity index (χ3v) is 2.30. The number of rotatable bonds is 3. The lowest BCUT2D eigenvalue weighted by Gasteiger charge is -1.99. The van der Waals surface area contributed by atoms with Crippen molar-refractivity contribution in [3.8, 4) is 0 Å². The molecule has 1 aromatic rings. The maximum absolute atomic E-state index is 10.7. The highest BCUT2D eigenvalue weighted by atomic mass is 79.9. The average Bonchev–Trinajstić information content (AvgIpc) is 2.16. The van der Waals surface area contributed by atoms with Gasteiger partial charge in [-0.15, -0.1) is 0 Å². The van der Waals surface area contributed by atoms with E-state index < -0.39 is 0 Å². The molecule has 0 aliphatic rings. The first-order valence-corrected chi connectivity index (χ1v) is 5.02. The molecule has 0 aliphatic carbocycles. The lowest BCUT2D eigenvalue weighted by molar-refractivity contribution is -0.110. The molecule has 0 aliphatic heterocycles. The summed E-state index contributed by atoms with van der Waals surface area (Å²) >= 11 is 8.83. The number of anilines is 1. The summed E-state index contributed by atoms with van der Waals surface area (Å²) in [6.45, 7) is 1.36. The molecule has 0 aromatic heterocycles. The second kappa shape index (κ2) is 5.12. The summed E-state index contributed by atoms with van der Waals surface area (Å²) in [5.74, 6) is -0.267. The van der Waals surface area contributed by atoms with Crippen molar-refractivity contribution < 1.29 is 4.79 Å². The minimum absolute atomic E-state index is 0.0621. The molecule has 0 heterocycles. The van der Waals surface area contributed by atoms with Gasteiger partial charge >= 0.3 is 0 Å². The van der Waals surface area contributed by atoms with Gasteiger partial charge in [-0.1, -0.05) is 27.5 Å². The Hall–Kier alpha value is -0.870. The van der Waals surface area contributed by atoms with Crippen LogP contribution in [0.2, 0.25) is 0 Å². The predicted molar refractivity (Wildman–Crippen MR) is 61.7 cm³/mol.